The summed E-state index contributed by atoms with van der Waals surface area (Å²) in [6.07, 6.45) is 0.860. The molecule has 0 saturated heterocycles. The van der Waals surface area contributed by atoms with Crippen molar-refractivity contribution in [2.24, 2.45) is 0 Å². The Bertz CT molecular complexity index is 510. The molecule has 1 aromatic heterocycles. The number of aliphatic hydroxyl groups is 1. The molecule has 0 aliphatic rings. The fraction of sp³-hybridized carbons (Fsp3) is 0.364. The Balaban J connectivity index is 2.38. The molecule has 0 spiro atoms. The summed E-state index contributed by atoms with van der Waals surface area (Å²) in [6.45, 7) is 1.84. The van der Waals surface area contributed by atoms with E-state index >= 15 is 0 Å². The molecular weight excluding hydrogens is 220 g/mol. The summed E-state index contributed by atoms with van der Waals surface area (Å²) in [6, 6.07) is 5.67. The number of aryl methyl sites for hydroxylation is 1. The summed E-state index contributed by atoms with van der Waals surface area (Å²) in [5, 5.41) is 20.5. The first-order valence-corrected chi connectivity index (χ1v) is 5.35. The lowest BCUT2D eigenvalue weighted by molar-refractivity contribution is 0.271. The van der Waals surface area contributed by atoms with Gasteiger partial charge < -0.3 is 9.84 Å². The van der Waals surface area contributed by atoms with Gasteiger partial charge in [0.25, 0.3) is 0 Å². The third-order valence-corrected chi connectivity index (χ3v) is 2.47. The molecule has 1 heterocycles. The number of methoxy groups -OCH3 is 1. The van der Waals surface area contributed by atoms with Crippen LogP contribution in [0.3, 0.4) is 0 Å². The molecule has 2 aromatic rings. The van der Waals surface area contributed by atoms with Crippen molar-refractivity contribution in [3.63, 3.8) is 0 Å². The number of benzene rings is 1. The van der Waals surface area contributed by atoms with Crippen molar-refractivity contribution in [3.05, 3.63) is 29.6 Å². The van der Waals surface area contributed by atoms with Gasteiger partial charge in [0.1, 0.15) is 12.4 Å². The summed E-state index contributed by atoms with van der Waals surface area (Å²) < 4.78 is 5.25. The first-order chi connectivity index (χ1) is 8.28. The van der Waals surface area contributed by atoms with E-state index in [-0.39, 0.29) is 6.61 Å². The van der Waals surface area contributed by atoms with Gasteiger partial charge >= 0.3 is 0 Å². The van der Waals surface area contributed by atoms with Gasteiger partial charge in [-0.1, -0.05) is 6.92 Å². The zero-order chi connectivity index (χ0) is 12.3. The van der Waals surface area contributed by atoms with Crippen molar-refractivity contribution in [2.45, 2.75) is 20.0 Å². The monoisotopic (exact) mass is 234 g/mol. The van der Waals surface area contributed by atoms with Gasteiger partial charge in [-0.05, 0) is 35.4 Å². The summed E-state index contributed by atoms with van der Waals surface area (Å²) >= 11 is 0. The Morgan fingerprint density at radius 3 is 2.82 bits per heavy atom. The van der Waals surface area contributed by atoms with E-state index in [0.717, 1.165) is 23.4 Å². The van der Waals surface area contributed by atoms with Crippen LogP contribution in [0.1, 0.15) is 18.3 Å². The highest BCUT2D eigenvalue weighted by Crippen LogP contribution is 2.21. The second-order valence-electron chi connectivity index (χ2n) is 3.50. The zero-order valence-corrected chi connectivity index (χ0v) is 9.79. The number of hydrogen-bond donors (Lipinski definition) is 1. The maximum absolute atomic E-state index is 8.88. The number of hydrogen-bond acceptors (Lipinski definition) is 5. The summed E-state index contributed by atoms with van der Waals surface area (Å²) in [5.74, 6) is 1.15. The van der Waals surface area contributed by atoms with Crippen LogP contribution in [0.15, 0.2) is 18.2 Å². The third kappa shape index (κ3) is 2.26. The molecule has 6 heteroatoms. The number of aromatic nitrogens is 4. The maximum atomic E-state index is 8.88. The first kappa shape index (κ1) is 11.5. The van der Waals surface area contributed by atoms with E-state index < -0.39 is 0 Å². The van der Waals surface area contributed by atoms with Crippen molar-refractivity contribution in [1.82, 2.24) is 20.2 Å². The number of rotatable bonds is 4. The van der Waals surface area contributed by atoms with Crippen molar-refractivity contribution in [1.29, 1.82) is 0 Å². The van der Waals surface area contributed by atoms with Crippen molar-refractivity contribution in [2.75, 3.05) is 7.11 Å². The van der Waals surface area contributed by atoms with E-state index in [9.17, 15) is 0 Å². The van der Waals surface area contributed by atoms with Crippen LogP contribution in [0.4, 0.5) is 0 Å². The van der Waals surface area contributed by atoms with Crippen LogP contribution >= 0.6 is 0 Å². The fourth-order valence-electron chi connectivity index (χ4n) is 1.58. The van der Waals surface area contributed by atoms with Crippen LogP contribution in [0, 0.1) is 0 Å². The number of nitrogens with zero attached hydrogens (tertiary/aromatic N) is 4. The topological polar surface area (TPSA) is 73.1 Å². The van der Waals surface area contributed by atoms with Crippen LogP contribution < -0.4 is 4.74 Å². The molecule has 0 radical (unpaired) electrons. The first-order valence-electron chi connectivity index (χ1n) is 5.35. The van der Waals surface area contributed by atoms with E-state index in [1.54, 1.807) is 7.11 Å². The molecule has 1 aromatic carbocycles. The van der Waals surface area contributed by atoms with Gasteiger partial charge in [-0.15, -0.1) is 15.0 Å². The molecule has 90 valence electrons. The molecule has 2 rings (SSSR count). The molecule has 6 nitrogen and oxygen atoms in total. The predicted octanol–water partition coefficient (Wildman–Crippen LogP) is 0.726. The molecule has 0 fully saturated rings. The normalized spacial score (nSPS) is 10.5. The molecule has 0 unspecified atom stereocenters. The Morgan fingerprint density at radius 1 is 1.41 bits per heavy atom. The van der Waals surface area contributed by atoms with Crippen LogP contribution in [-0.2, 0) is 13.0 Å². The Labute approximate surface area is 98.8 Å². The van der Waals surface area contributed by atoms with E-state index in [1.807, 2.05) is 18.2 Å². The zero-order valence-electron chi connectivity index (χ0n) is 9.79. The predicted molar refractivity (Wildman–Crippen MR) is 61.0 cm³/mol. The molecule has 0 aliphatic carbocycles. The number of ether oxygens (including phenoxy) is 1. The number of tetrazole rings is 1. The van der Waals surface area contributed by atoms with Gasteiger partial charge in [-0.25, -0.2) is 0 Å². The van der Waals surface area contributed by atoms with Crippen LogP contribution in [0.5, 0.6) is 5.75 Å². The van der Waals surface area contributed by atoms with Crippen molar-refractivity contribution in [3.8, 4) is 11.4 Å². The van der Waals surface area contributed by atoms with Gasteiger partial charge in [0.15, 0.2) is 0 Å². The van der Waals surface area contributed by atoms with Gasteiger partial charge in [-0.2, -0.15) is 0 Å². The maximum Gasteiger partial charge on any atom is 0.200 e. The number of aliphatic hydroxyl groups excluding tert-OH is 1. The minimum atomic E-state index is -0.212. The van der Waals surface area contributed by atoms with Crippen LogP contribution in [0.25, 0.3) is 5.69 Å². The van der Waals surface area contributed by atoms with Crippen molar-refractivity contribution < 1.29 is 9.84 Å². The Morgan fingerprint density at radius 2 is 2.24 bits per heavy atom. The van der Waals surface area contributed by atoms with Crippen LogP contribution in [-0.4, -0.2) is 32.4 Å². The minimum Gasteiger partial charge on any atom is -0.496 e. The van der Waals surface area contributed by atoms with Gasteiger partial charge in [0.05, 0.1) is 12.8 Å². The average Bonchev–Trinajstić information content (AvgIpc) is 2.86. The summed E-state index contributed by atoms with van der Waals surface area (Å²) in [7, 11) is 1.64. The quantitative estimate of drug-likeness (QED) is 0.844. The Hall–Kier alpha value is -1.95. The summed E-state index contributed by atoms with van der Waals surface area (Å²) in [5.41, 5.74) is 1.88. The highest BCUT2D eigenvalue weighted by atomic mass is 16.5. The third-order valence-electron chi connectivity index (χ3n) is 2.47. The van der Waals surface area contributed by atoms with E-state index in [0.29, 0.717) is 5.82 Å². The molecule has 0 atom stereocenters. The lowest BCUT2D eigenvalue weighted by Crippen LogP contribution is -2.01. The lowest BCUT2D eigenvalue weighted by atomic mass is 10.1. The lowest BCUT2D eigenvalue weighted by Gasteiger charge is -2.07. The molecule has 0 amide bonds. The molecule has 0 bridgehead atoms. The molecule has 0 saturated carbocycles. The SMILES string of the molecule is CCc1cc(-n2nnc(CO)n2)ccc1OC. The van der Waals surface area contributed by atoms with Gasteiger partial charge in [-0.3, -0.25) is 0 Å². The van der Waals surface area contributed by atoms with Gasteiger partial charge in [0.2, 0.25) is 5.82 Å². The van der Waals surface area contributed by atoms with E-state index in [4.69, 9.17) is 9.84 Å². The van der Waals surface area contributed by atoms with Gasteiger partial charge in [0, 0.05) is 0 Å². The molecular formula is C11H14N4O2. The molecule has 17 heavy (non-hydrogen) atoms. The fourth-order valence-corrected chi connectivity index (χ4v) is 1.58. The summed E-state index contributed by atoms with van der Waals surface area (Å²) in [4.78, 5) is 1.39. The van der Waals surface area contributed by atoms with E-state index in [2.05, 4.69) is 22.3 Å². The van der Waals surface area contributed by atoms with Crippen LogP contribution in [0.2, 0.25) is 0 Å². The largest absolute Gasteiger partial charge is 0.496 e. The minimum absolute atomic E-state index is 0.212. The molecule has 1 N–H and O–H groups in total. The Kier molecular flexibility index (Phi) is 3.34. The average molecular weight is 234 g/mol. The standard InChI is InChI=1S/C11H14N4O2/c1-3-8-6-9(4-5-10(8)17-2)15-13-11(7-16)12-14-15/h4-6,16H,3,7H2,1-2H3. The highest BCUT2D eigenvalue weighted by Gasteiger charge is 2.07. The second kappa shape index (κ2) is 4.92. The second-order valence-corrected chi connectivity index (χ2v) is 3.50. The highest BCUT2D eigenvalue weighted by molar-refractivity contribution is 5.43. The van der Waals surface area contributed by atoms with E-state index in [1.165, 1.54) is 4.80 Å². The molecule has 0 aliphatic heterocycles. The smallest absolute Gasteiger partial charge is 0.200 e. The van der Waals surface area contributed by atoms with Crippen molar-refractivity contribution >= 4 is 0 Å².